The monoisotopic (exact) mass is 305 g/mol. The van der Waals surface area contributed by atoms with Crippen LogP contribution in [-0.4, -0.2) is 16.3 Å². The minimum atomic E-state index is 0.367. The number of benzene rings is 1. The molecule has 1 aromatic carbocycles. The standard InChI is InChI=1S/C17H24ClN3/c1-5-8-19-10-14-9-15(18)6-7-16(14)17-11-21(12(2)3)20-13(17)4/h6-7,9,11-12,19H,5,8,10H2,1-4H3. The molecule has 1 N–H and O–H groups in total. The van der Waals surface area contributed by atoms with Crippen LogP contribution in [0.4, 0.5) is 0 Å². The lowest BCUT2D eigenvalue weighted by Crippen LogP contribution is -2.14. The zero-order valence-corrected chi connectivity index (χ0v) is 14.0. The lowest BCUT2D eigenvalue weighted by molar-refractivity contribution is 0.529. The first-order chi connectivity index (χ1) is 10.0. The highest BCUT2D eigenvalue weighted by Crippen LogP contribution is 2.29. The van der Waals surface area contributed by atoms with Crippen molar-refractivity contribution in [3.8, 4) is 11.1 Å². The summed E-state index contributed by atoms with van der Waals surface area (Å²) in [4.78, 5) is 0. The van der Waals surface area contributed by atoms with Gasteiger partial charge in [0.15, 0.2) is 0 Å². The minimum absolute atomic E-state index is 0.367. The summed E-state index contributed by atoms with van der Waals surface area (Å²) in [6.45, 7) is 10.4. The Morgan fingerprint density at radius 3 is 2.67 bits per heavy atom. The van der Waals surface area contributed by atoms with Gasteiger partial charge in [-0.3, -0.25) is 4.68 Å². The molecule has 2 aromatic rings. The van der Waals surface area contributed by atoms with E-state index in [-0.39, 0.29) is 0 Å². The molecule has 0 saturated carbocycles. The quantitative estimate of drug-likeness (QED) is 0.791. The van der Waals surface area contributed by atoms with E-state index in [2.05, 4.69) is 50.4 Å². The van der Waals surface area contributed by atoms with Crippen LogP contribution in [0, 0.1) is 6.92 Å². The predicted octanol–water partition coefficient (Wildman–Crippen LogP) is 4.59. The lowest BCUT2D eigenvalue weighted by Gasteiger charge is -2.10. The summed E-state index contributed by atoms with van der Waals surface area (Å²) in [5.41, 5.74) is 4.69. The fourth-order valence-electron chi connectivity index (χ4n) is 2.38. The summed E-state index contributed by atoms with van der Waals surface area (Å²) in [5.74, 6) is 0. The van der Waals surface area contributed by atoms with E-state index in [1.165, 1.54) is 16.7 Å². The van der Waals surface area contributed by atoms with Crippen LogP contribution in [0.3, 0.4) is 0 Å². The van der Waals surface area contributed by atoms with Crippen molar-refractivity contribution in [2.45, 2.75) is 46.7 Å². The van der Waals surface area contributed by atoms with Gasteiger partial charge in [0.25, 0.3) is 0 Å². The summed E-state index contributed by atoms with van der Waals surface area (Å²) in [5, 5.41) is 8.84. The number of nitrogens with zero attached hydrogens (tertiary/aromatic N) is 2. The zero-order valence-electron chi connectivity index (χ0n) is 13.3. The molecule has 0 saturated heterocycles. The third-order valence-corrected chi connectivity index (χ3v) is 3.78. The van der Waals surface area contributed by atoms with Gasteiger partial charge in [-0.1, -0.05) is 24.6 Å². The Bertz CT molecular complexity index is 602. The summed E-state index contributed by atoms with van der Waals surface area (Å²) >= 11 is 6.16. The van der Waals surface area contributed by atoms with E-state index in [4.69, 9.17) is 11.6 Å². The minimum Gasteiger partial charge on any atom is -0.313 e. The molecule has 0 bridgehead atoms. The first kappa shape index (κ1) is 16.1. The van der Waals surface area contributed by atoms with Crippen molar-refractivity contribution >= 4 is 11.6 Å². The first-order valence-electron chi connectivity index (χ1n) is 7.58. The maximum atomic E-state index is 6.16. The first-order valence-corrected chi connectivity index (χ1v) is 7.96. The smallest absolute Gasteiger partial charge is 0.0672 e. The van der Waals surface area contributed by atoms with Crippen LogP contribution in [-0.2, 0) is 6.54 Å². The Labute approximate surface area is 132 Å². The van der Waals surface area contributed by atoms with Crippen molar-refractivity contribution in [1.29, 1.82) is 0 Å². The molecule has 21 heavy (non-hydrogen) atoms. The molecule has 0 unspecified atom stereocenters. The van der Waals surface area contributed by atoms with Crippen LogP contribution >= 0.6 is 11.6 Å². The Morgan fingerprint density at radius 2 is 2.05 bits per heavy atom. The van der Waals surface area contributed by atoms with Gasteiger partial charge in [-0.2, -0.15) is 5.10 Å². The van der Waals surface area contributed by atoms with Crippen LogP contribution in [0.1, 0.15) is 44.5 Å². The van der Waals surface area contributed by atoms with Gasteiger partial charge >= 0.3 is 0 Å². The molecule has 0 fully saturated rings. The van der Waals surface area contributed by atoms with E-state index in [0.29, 0.717) is 6.04 Å². The summed E-state index contributed by atoms with van der Waals surface area (Å²) in [6.07, 6.45) is 3.26. The Hall–Kier alpha value is -1.32. The molecule has 114 valence electrons. The molecule has 3 nitrogen and oxygen atoms in total. The highest BCUT2D eigenvalue weighted by atomic mass is 35.5. The number of halogens is 1. The van der Waals surface area contributed by atoms with Crippen LogP contribution in [0.25, 0.3) is 11.1 Å². The molecule has 0 aliphatic heterocycles. The van der Waals surface area contributed by atoms with Gasteiger partial charge in [0.1, 0.15) is 0 Å². The van der Waals surface area contributed by atoms with E-state index in [1.54, 1.807) is 0 Å². The van der Waals surface area contributed by atoms with Crippen molar-refractivity contribution < 1.29 is 0 Å². The van der Waals surface area contributed by atoms with E-state index in [1.807, 2.05) is 16.8 Å². The number of aromatic nitrogens is 2. The van der Waals surface area contributed by atoms with Crippen molar-refractivity contribution in [1.82, 2.24) is 15.1 Å². The van der Waals surface area contributed by atoms with E-state index in [0.717, 1.165) is 30.2 Å². The third kappa shape index (κ3) is 3.86. The second-order valence-electron chi connectivity index (χ2n) is 5.68. The maximum Gasteiger partial charge on any atom is 0.0672 e. The van der Waals surface area contributed by atoms with Crippen LogP contribution in [0.2, 0.25) is 5.02 Å². The van der Waals surface area contributed by atoms with Gasteiger partial charge in [0, 0.05) is 29.4 Å². The Kier molecular flexibility index (Phi) is 5.43. The summed E-state index contributed by atoms with van der Waals surface area (Å²) in [7, 11) is 0. The van der Waals surface area contributed by atoms with E-state index >= 15 is 0 Å². The maximum absolute atomic E-state index is 6.16. The average molecular weight is 306 g/mol. The van der Waals surface area contributed by atoms with Crippen molar-refractivity contribution in [3.05, 3.63) is 40.7 Å². The number of aryl methyl sites for hydroxylation is 1. The second kappa shape index (κ2) is 7.10. The number of rotatable bonds is 6. The molecule has 1 aromatic heterocycles. The molecular formula is C17H24ClN3. The molecule has 0 amide bonds. The molecule has 0 spiro atoms. The second-order valence-corrected chi connectivity index (χ2v) is 6.12. The summed E-state index contributed by atoms with van der Waals surface area (Å²) < 4.78 is 2.02. The SMILES string of the molecule is CCCNCc1cc(Cl)ccc1-c1cn(C(C)C)nc1C. The van der Waals surface area contributed by atoms with E-state index < -0.39 is 0 Å². The molecule has 0 radical (unpaired) electrons. The average Bonchev–Trinajstić information content (AvgIpc) is 2.82. The number of hydrogen-bond donors (Lipinski definition) is 1. The largest absolute Gasteiger partial charge is 0.313 e. The topological polar surface area (TPSA) is 29.9 Å². The molecule has 0 aliphatic rings. The Morgan fingerprint density at radius 1 is 1.29 bits per heavy atom. The van der Waals surface area contributed by atoms with Gasteiger partial charge in [-0.25, -0.2) is 0 Å². The van der Waals surface area contributed by atoms with Gasteiger partial charge in [0.2, 0.25) is 0 Å². The lowest BCUT2D eigenvalue weighted by atomic mass is 10.0. The van der Waals surface area contributed by atoms with Gasteiger partial charge < -0.3 is 5.32 Å². The van der Waals surface area contributed by atoms with Gasteiger partial charge in [-0.15, -0.1) is 0 Å². The van der Waals surface area contributed by atoms with Crippen molar-refractivity contribution in [2.75, 3.05) is 6.54 Å². The van der Waals surface area contributed by atoms with Crippen molar-refractivity contribution in [3.63, 3.8) is 0 Å². The highest BCUT2D eigenvalue weighted by molar-refractivity contribution is 6.30. The normalized spacial score (nSPS) is 11.3. The van der Waals surface area contributed by atoms with Gasteiger partial charge in [-0.05, 0) is 57.0 Å². The molecule has 2 rings (SSSR count). The fraction of sp³-hybridized carbons (Fsp3) is 0.471. The van der Waals surface area contributed by atoms with E-state index in [9.17, 15) is 0 Å². The fourth-order valence-corrected chi connectivity index (χ4v) is 2.58. The summed E-state index contributed by atoms with van der Waals surface area (Å²) in [6, 6.07) is 6.46. The molecule has 0 atom stereocenters. The number of nitrogens with one attached hydrogen (secondary N) is 1. The zero-order chi connectivity index (χ0) is 15.4. The van der Waals surface area contributed by atoms with Crippen LogP contribution < -0.4 is 5.32 Å². The highest BCUT2D eigenvalue weighted by Gasteiger charge is 2.13. The van der Waals surface area contributed by atoms with Crippen LogP contribution in [0.15, 0.2) is 24.4 Å². The predicted molar refractivity (Wildman–Crippen MR) is 89.8 cm³/mol. The van der Waals surface area contributed by atoms with Crippen molar-refractivity contribution in [2.24, 2.45) is 0 Å². The molecular weight excluding hydrogens is 282 g/mol. The molecule has 0 aliphatic carbocycles. The Balaban J connectivity index is 2.38. The van der Waals surface area contributed by atoms with Crippen LogP contribution in [0.5, 0.6) is 0 Å². The number of hydrogen-bond acceptors (Lipinski definition) is 2. The molecule has 1 heterocycles. The van der Waals surface area contributed by atoms with Gasteiger partial charge in [0.05, 0.1) is 5.69 Å². The molecule has 4 heteroatoms. The third-order valence-electron chi connectivity index (χ3n) is 3.55.